The molecule has 1 aromatic heterocycles. The molecule has 1 aliphatic heterocycles. The molecule has 0 N–H and O–H groups in total. The lowest BCUT2D eigenvalue weighted by molar-refractivity contribution is 0.582. The van der Waals surface area contributed by atoms with Crippen molar-refractivity contribution in [2.75, 3.05) is 0 Å². The van der Waals surface area contributed by atoms with Gasteiger partial charge >= 0.3 is 0 Å². The predicted octanol–water partition coefficient (Wildman–Crippen LogP) is 11.6. The van der Waals surface area contributed by atoms with Crippen LogP contribution in [0.1, 0.15) is 31.5 Å². The Labute approximate surface area is 296 Å². The molecule has 0 radical (unpaired) electrons. The fourth-order valence-electron chi connectivity index (χ4n) is 8.12. The molecular weight excluding hydrogens is 621 g/mol. The molecule has 4 nitrogen and oxygen atoms in total. The van der Waals surface area contributed by atoms with E-state index in [-0.39, 0.29) is 11.3 Å². The predicted molar refractivity (Wildman–Crippen MR) is 212 cm³/mol. The van der Waals surface area contributed by atoms with Gasteiger partial charge in [-0.3, -0.25) is 4.99 Å². The maximum Gasteiger partial charge on any atom is 0.164 e. The van der Waals surface area contributed by atoms with Gasteiger partial charge in [0.25, 0.3) is 0 Å². The first-order chi connectivity index (χ1) is 25.1. The number of benzene rings is 6. The van der Waals surface area contributed by atoms with Crippen LogP contribution in [-0.4, -0.2) is 20.7 Å². The quantitative estimate of drug-likeness (QED) is 0.178. The van der Waals surface area contributed by atoms with E-state index in [1.54, 1.807) is 0 Å². The van der Waals surface area contributed by atoms with Crippen molar-refractivity contribution in [1.29, 1.82) is 0 Å². The van der Waals surface area contributed by atoms with Gasteiger partial charge in [0.2, 0.25) is 0 Å². The van der Waals surface area contributed by atoms with Crippen LogP contribution in [0.25, 0.3) is 65.9 Å². The highest BCUT2D eigenvalue weighted by Crippen LogP contribution is 2.41. The van der Waals surface area contributed by atoms with Crippen molar-refractivity contribution < 1.29 is 0 Å². The summed E-state index contributed by atoms with van der Waals surface area (Å²) in [5, 5.41) is 9.43. The second-order valence-electron chi connectivity index (χ2n) is 14.1. The highest BCUT2D eigenvalue weighted by Gasteiger charge is 2.32. The van der Waals surface area contributed by atoms with Gasteiger partial charge in [0.05, 0.1) is 5.71 Å². The lowest BCUT2D eigenvalue weighted by Crippen LogP contribution is -2.28. The summed E-state index contributed by atoms with van der Waals surface area (Å²) in [7, 11) is 0. The average Bonchev–Trinajstić information content (AvgIpc) is 3.19. The van der Waals surface area contributed by atoms with Crippen molar-refractivity contribution in [2.45, 2.75) is 25.7 Å². The van der Waals surface area contributed by atoms with Crippen molar-refractivity contribution >= 4 is 48.8 Å². The van der Waals surface area contributed by atoms with Crippen molar-refractivity contribution in [3.63, 3.8) is 0 Å². The van der Waals surface area contributed by atoms with Crippen molar-refractivity contribution in [2.24, 2.45) is 10.4 Å². The highest BCUT2D eigenvalue weighted by molar-refractivity contribution is 6.14. The molecule has 0 saturated carbocycles. The number of allylic oxidation sites excluding steroid dienone is 9. The molecular formula is C47H34N4. The monoisotopic (exact) mass is 654 g/mol. The second-order valence-corrected chi connectivity index (χ2v) is 14.1. The van der Waals surface area contributed by atoms with Gasteiger partial charge in [0, 0.05) is 28.7 Å². The van der Waals surface area contributed by atoms with E-state index in [4.69, 9.17) is 19.9 Å². The molecule has 3 aliphatic rings. The Kier molecular flexibility index (Phi) is 6.78. The second kappa shape index (κ2) is 11.7. The van der Waals surface area contributed by atoms with E-state index >= 15 is 0 Å². The molecule has 51 heavy (non-hydrogen) atoms. The number of aliphatic imine (C=N–C) groups is 1. The zero-order valence-electron chi connectivity index (χ0n) is 28.3. The Morgan fingerprint density at radius 1 is 0.608 bits per heavy atom. The summed E-state index contributed by atoms with van der Waals surface area (Å²) in [6.45, 7) is 2.27. The first-order valence-electron chi connectivity index (χ1n) is 17.7. The van der Waals surface area contributed by atoms with Crippen molar-refractivity contribution in [1.82, 2.24) is 15.0 Å². The molecule has 6 aromatic carbocycles. The minimum absolute atomic E-state index is 0.00374. The SMILES string of the molecule is CC12C=CC=CC1=NC=C(C1=CCC(c3nc(-c4cc5ccccc5c5ccccc45)nc(-c4cc5ccccc5c5ccccc45)n3)C=C1)C2. The van der Waals surface area contributed by atoms with E-state index in [9.17, 15) is 0 Å². The molecule has 7 aromatic rings. The lowest BCUT2D eigenvalue weighted by atomic mass is 9.73. The number of nitrogens with zero attached hydrogens (tertiary/aromatic N) is 4. The van der Waals surface area contributed by atoms with Crippen LogP contribution in [0.15, 0.2) is 174 Å². The van der Waals surface area contributed by atoms with E-state index in [1.165, 1.54) is 43.5 Å². The number of fused-ring (bicyclic) bond motifs is 7. The number of aromatic nitrogens is 3. The van der Waals surface area contributed by atoms with E-state index < -0.39 is 0 Å². The molecule has 4 heteroatoms. The fraction of sp³-hybridized carbons (Fsp3) is 0.106. The fourth-order valence-corrected chi connectivity index (χ4v) is 8.12. The van der Waals surface area contributed by atoms with E-state index in [0.717, 1.165) is 46.3 Å². The summed E-state index contributed by atoms with van der Waals surface area (Å²) in [4.78, 5) is 20.8. The Bertz CT molecular complexity index is 2640. The largest absolute Gasteiger partial charge is 0.260 e. The molecule has 242 valence electrons. The van der Waals surface area contributed by atoms with Gasteiger partial charge in [0.15, 0.2) is 11.6 Å². The van der Waals surface area contributed by atoms with Gasteiger partial charge in [0.1, 0.15) is 5.82 Å². The molecule has 10 rings (SSSR count). The van der Waals surface area contributed by atoms with Crippen LogP contribution in [0.5, 0.6) is 0 Å². The minimum atomic E-state index is -0.0758. The van der Waals surface area contributed by atoms with Gasteiger partial charge in [-0.05, 0) is 85.3 Å². The molecule has 2 aliphatic carbocycles. The first-order valence-corrected chi connectivity index (χ1v) is 17.7. The standard InChI is InChI=1S/C47H34N4/c1-47-25-11-10-20-43(47)48-29-34(28-47)30-21-23-31(24-22-30)44-49-45(41-26-32-12-2-4-14-35(32)37-16-6-8-18-39(37)41)51-46(50-44)42-27-33-13-3-5-15-36(33)38-17-7-9-19-40(38)42/h2-23,25-27,29,31H,24,28H2,1H3. The topological polar surface area (TPSA) is 51.0 Å². The summed E-state index contributed by atoms with van der Waals surface area (Å²) < 4.78 is 0. The van der Waals surface area contributed by atoms with Gasteiger partial charge in [-0.1, -0.05) is 140 Å². The van der Waals surface area contributed by atoms with E-state index in [1.807, 2.05) is 6.20 Å². The smallest absolute Gasteiger partial charge is 0.164 e. The van der Waals surface area contributed by atoms with Gasteiger partial charge in [-0.15, -0.1) is 0 Å². The zero-order valence-corrected chi connectivity index (χ0v) is 28.3. The number of hydrogen-bond donors (Lipinski definition) is 0. The molecule has 0 bridgehead atoms. The summed E-state index contributed by atoms with van der Waals surface area (Å²) in [5.74, 6) is 2.17. The molecule has 0 fully saturated rings. The normalized spacial score (nSPS) is 19.7. The Balaban J connectivity index is 1.14. The summed E-state index contributed by atoms with van der Waals surface area (Å²) in [5.41, 5.74) is 5.57. The van der Waals surface area contributed by atoms with Crippen LogP contribution in [0.4, 0.5) is 0 Å². The summed E-state index contributed by atoms with van der Waals surface area (Å²) in [6, 6.07) is 38.8. The third-order valence-corrected chi connectivity index (χ3v) is 10.8. The maximum absolute atomic E-state index is 5.32. The van der Waals surface area contributed by atoms with Gasteiger partial charge in [-0.2, -0.15) is 0 Å². The third kappa shape index (κ3) is 4.98. The summed E-state index contributed by atoms with van der Waals surface area (Å²) in [6.07, 6.45) is 19.2. The summed E-state index contributed by atoms with van der Waals surface area (Å²) >= 11 is 0. The van der Waals surface area contributed by atoms with Crippen molar-refractivity contribution in [3.8, 4) is 22.8 Å². The highest BCUT2D eigenvalue weighted by atomic mass is 15.0. The number of rotatable bonds is 4. The van der Waals surface area contributed by atoms with Crippen LogP contribution < -0.4 is 0 Å². The van der Waals surface area contributed by atoms with Gasteiger partial charge in [-0.25, -0.2) is 15.0 Å². The third-order valence-electron chi connectivity index (χ3n) is 10.8. The minimum Gasteiger partial charge on any atom is -0.260 e. The Morgan fingerprint density at radius 3 is 1.76 bits per heavy atom. The van der Waals surface area contributed by atoms with Crippen LogP contribution >= 0.6 is 0 Å². The molecule has 0 saturated heterocycles. The van der Waals surface area contributed by atoms with E-state index in [0.29, 0.717) is 11.6 Å². The maximum atomic E-state index is 5.32. The van der Waals surface area contributed by atoms with Crippen LogP contribution in [-0.2, 0) is 0 Å². The molecule has 2 unspecified atom stereocenters. The Hall–Kier alpha value is -6.26. The lowest BCUT2D eigenvalue weighted by Gasteiger charge is -2.32. The van der Waals surface area contributed by atoms with Crippen LogP contribution in [0.2, 0.25) is 0 Å². The van der Waals surface area contributed by atoms with Crippen LogP contribution in [0.3, 0.4) is 0 Å². The van der Waals surface area contributed by atoms with Crippen molar-refractivity contribution in [3.05, 3.63) is 175 Å². The van der Waals surface area contributed by atoms with Gasteiger partial charge < -0.3 is 0 Å². The molecule has 2 atom stereocenters. The first kappa shape index (κ1) is 29.6. The Morgan fingerprint density at radius 2 is 1.18 bits per heavy atom. The zero-order chi connectivity index (χ0) is 33.9. The van der Waals surface area contributed by atoms with E-state index in [2.05, 4.69) is 159 Å². The molecule has 0 spiro atoms. The number of hydrogen-bond acceptors (Lipinski definition) is 4. The molecule has 0 amide bonds. The average molecular weight is 655 g/mol. The van der Waals surface area contributed by atoms with Crippen LogP contribution in [0, 0.1) is 5.41 Å². The molecule has 2 heterocycles.